The second-order valence-corrected chi connectivity index (χ2v) is 7.22. The molecule has 0 spiro atoms. The van der Waals surface area contributed by atoms with E-state index in [1.807, 2.05) is 12.1 Å². The van der Waals surface area contributed by atoms with Crippen molar-refractivity contribution in [3.8, 4) is 6.07 Å². The van der Waals surface area contributed by atoms with Crippen molar-refractivity contribution in [1.29, 1.82) is 5.26 Å². The van der Waals surface area contributed by atoms with Crippen LogP contribution in [0.5, 0.6) is 0 Å². The first-order valence-corrected chi connectivity index (χ1v) is 7.48. The Kier molecular flexibility index (Phi) is 4.30. The molecule has 0 N–H and O–H groups in total. The molecule has 0 radical (unpaired) electrons. The van der Waals surface area contributed by atoms with Crippen LogP contribution < -0.4 is 0 Å². The average Bonchev–Trinajstić information content (AvgIpc) is 2.38. The fourth-order valence-electron chi connectivity index (χ4n) is 3.40. The zero-order valence-electron chi connectivity index (χ0n) is 12.4. The minimum Gasteiger partial charge on any atom is -0.192 e. The quantitative estimate of drug-likeness (QED) is 0.706. The van der Waals surface area contributed by atoms with E-state index < -0.39 is 0 Å². The molecule has 1 aromatic rings. The summed E-state index contributed by atoms with van der Waals surface area (Å²) in [5.74, 6) is 1.62. The van der Waals surface area contributed by atoms with E-state index in [0.717, 1.165) is 11.5 Å². The van der Waals surface area contributed by atoms with Crippen molar-refractivity contribution < 1.29 is 0 Å². The van der Waals surface area contributed by atoms with E-state index in [-0.39, 0.29) is 0 Å². The molecule has 0 bridgehead atoms. The number of hydrogen-bond donors (Lipinski definition) is 0. The van der Waals surface area contributed by atoms with Crippen molar-refractivity contribution in [3.63, 3.8) is 0 Å². The SMILES string of the molecule is CC(C)(C)CC1CCC(c2ccc(C#N)cc2)CC1. The maximum atomic E-state index is 8.83. The van der Waals surface area contributed by atoms with Crippen LogP contribution in [0.3, 0.4) is 0 Å². The third kappa shape index (κ3) is 4.10. The summed E-state index contributed by atoms with van der Waals surface area (Å²) in [7, 11) is 0. The van der Waals surface area contributed by atoms with Gasteiger partial charge in [0, 0.05) is 0 Å². The maximum Gasteiger partial charge on any atom is 0.0991 e. The lowest BCUT2D eigenvalue weighted by Crippen LogP contribution is -2.19. The number of rotatable bonds is 2. The van der Waals surface area contributed by atoms with Gasteiger partial charge >= 0.3 is 0 Å². The van der Waals surface area contributed by atoms with Crippen LogP contribution in [-0.2, 0) is 0 Å². The molecule has 1 aliphatic rings. The molecule has 1 saturated carbocycles. The Morgan fingerprint density at radius 3 is 2.11 bits per heavy atom. The average molecular weight is 255 g/mol. The van der Waals surface area contributed by atoms with E-state index >= 15 is 0 Å². The molecule has 19 heavy (non-hydrogen) atoms. The molecule has 1 heteroatoms. The molecule has 0 heterocycles. The molecule has 2 rings (SSSR count). The highest BCUT2D eigenvalue weighted by atomic mass is 14.3. The Bertz CT molecular complexity index is 436. The smallest absolute Gasteiger partial charge is 0.0991 e. The van der Waals surface area contributed by atoms with Gasteiger partial charge in [-0.3, -0.25) is 0 Å². The van der Waals surface area contributed by atoms with Crippen molar-refractivity contribution in [2.45, 2.75) is 58.8 Å². The Balaban J connectivity index is 1.91. The zero-order valence-corrected chi connectivity index (χ0v) is 12.4. The summed E-state index contributed by atoms with van der Waals surface area (Å²) >= 11 is 0. The summed E-state index contributed by atoms with van der Waals surface area (Å²) in [6.45, 7) is 7.04. The molecule has 102 valence electrons. The highest BCUT2D eigenvalue weighted by molar-refractivity contribution is 5.33. The molecule has 0 atom stereocenters. The molecule has 0 aromatic heterocycles. The van der Waals surface area contributed by atoms with Gasteiger partial charge in [-0.15, -0.1) is 0 Å². The molecule has 1 fully saturated rings. The first-order chi connectivity index (χ1) is 8.98. The van der Waals surface area contributed by atoms with Crippen LogP contribution in [0.4, 0.5) is 0 Å². The predicted octanol–water partition coefficient (Wildman–Crippen LogP) is 5.27. The van der Waals surface area contributed by atoms with Crippen LogP contribution >= 0.6 is 0 Å². The topological polar surface area (TPSA) is 23.8 Å². The largest absolute Gasteiger partial charge is 0.192 e. The van der Waals surface area contributed by atoms with Crippen molar-refractivity contribution in [3.05, 3.63) is 35.4 Å². The van der Waals surface area contributed by atoms with Gasteiger partial charge in [0.05, 0.1) is 11.6 Å². The zero-order chi connectivity index (χ0) is 13.9. The first-order valence-electron chi connectivity index (χ1n) is 7.48. The Hall–Kier alpha value is -1.29. The summed E-state index contributed by atoms with van der Waals surface area (Å²) in [5.41, 5.74) is 2.66. The molecule has 0 aliphatic heterocycles. The number of nitriles is 1. The third-order valence-corrected chi connectivity index (χ3v) is 4.26. The fourth-order valence-corrected chi connectivity index (χ4v) is 3.40. The Morgan fingerprint density at radius 1 is 1.05 bits per heavy atom. The highest BCUT2D eigenvalue weighted by Gasteiger charge is 2.25. The van der Waals surface area contributed by atoms with Crippen molar-refractivity contribution in [1.82, 2.24) is 0 Å². The third-order valence-electron chi connectivity index (χ3n) is 4.26. The van der Waals surface area contributed by atoms with E-state index in [0.29, 0.717) is 11.3 Å². The van der Waals surface area contributed by atoms with Crippen molar-refractivity contribution >= 4 is 0 Å². The minimum atomic E-state index is 0.464. The van der Waals surface area contributed by atoms with Crippen molar-refractivity contribution in [2.75, 3.05) is 0 Å². The first kappa shape index (κ1) is 14.1. The van der Waals surface area contributed by atoms with Crippen LogP contribution in [-0.4, -0.2) is 0 Å². The summed E-state index contributed by atoms with van der Waals surface area (Å²) in [6, 6.07) is 10.4. The van der Waals surface area contributed by atoms with Gasteiger partial charge < -0.3 is 0 Å². The second kappa shape index (κ2) is 5.78. The molecular formula is C18H25N. The van der Waals surface area contributed by atoms with Crippen molar-refractivity contribution in [2.24, 2.45) is 11.3 Å². The van der Waals surface area contributed by atoms with Gasteiger partial charge in [-0.1, -0.05) is 32.9 Å². The van der Waals surface area contributed by atoms with E-state index in [1.54, 1.807) is 0 Å². The Morgan fingerprint density at radius 2 is 1.63 bits per heavy atom. The van der Waals surface area contributed by atoms with E-state index in [4.69, 9.17) is 5.26 Å². The van der Waals surface area contributed by atoms with Crippen LogP contribution in [0, 0.1) is 22.7 Å². The molecule has 0 amide bonds. The van der Waals surface area contributed by atoms with Gasteiger partial charge in [0.2, 0.25) is 0 Å². The second-order valence-electron chi connectivity index (χ2n) is 7.22. The lowest BCUT2D eigenvalue weighted by molar-refractivity contribution is 0.228. The molecule has 1 nitrogen and oxygen atoms in total. The predicted molar refractivity (Wildman–Crippen MR) is 79.9 cm³/mol. The van der Waals surface area contributed by atoms with E-state index in [1.165, 1.54) is 37.7 Å². The van der Waals surface area contributed by atoms with E-state index in [9.17, 15) is 0 Å². The fraction of sp³-hybridized carbons (Fsp3) is 0.611. The summed E-state index contributed by atoms with van der Waals surface area (Å²) in [6.07, 6.45) is 6.70. The molecule has 0 unspecified atom stereocenters. The van der Waals surface area contributed by atoms with Crippen LogP contribution in [0.1, 0.15) is 69.9 Å². The Labute approximate surface area is 117 Å². The van der Waals surface area contributed by atoms with Gasteiger partial charge in [-0.25, -0.2) is 0 Å². The number of benzene rings is 1. The minimum absolute atomic E-state index is 0.464. The van der Waals surface area contributed by atoms with Gasteiger partial charge in [0.1, 0.15) is 0 Å². The van der Waals surface area contributed by atoms with Gasteiger partial charge in [-0.2, -0.15) is 5.26 Å². The summed E-state index contributed by atoms with van der Waals surface area (Å²) in [4.78, 5) is 0. The molecular weight excluding hydrogens is 230 g/mol. The van der Waals surface area contributed by atoms with Crippen LogP contribution in [0.25, 0.3) is 0 Å². The molecule has 1 aromatic carbocycles. The standard InChI is InChI=1S/C18H25N/c1-18(2,3)12-14-4-8-16(9-5-14)17-10-6-15(13-19)7-11-17/h6-7,10-11,14,16H,4-5,8-9,12H2,1-3H3. The summed E-state index contributed by atoms with van der Waals surface area (Å²) in [5, 5.41) is 8.83. The number of hydrogen-bond acceptors (Lipinski definition) is 1. The van der Waals surface area contributed by atoms with Gasteiger partial charge in [0.15, 0.2) is 0 Å². The lowest BCUT2D eigenvalue weighted by atomic mass is 9.73. The molecule has 0 saturated heterocycles. The number of nitrogens with zero attached hydrogens (tertiary/aromatic N) is 1. The monoisotopic (exact) mass is 255 g/mol. The summed E-state index contributed by atoms with van der Waals surface area (Å²) < 4.78 is 0. The van der Waals surface area contributed by atoms with Crippen LogP contribution in [0.15, 0.2) is 24.3 Å². The van der Waals surface area contributed by atoms with Crippen LogP contribution in [0.2, 0.25) is 0 Å². The normalized spacial score (nSPS) is 23.9. The molecule has 1 aliphatic carbocycles. The van der Waals surface area contributed by atoms with Gasteiger partial charge in [0.25, 0.3) is 0 Å². The highest BCUT2D eigenvalue weighted by Crippen LogP contribution is 2.40. The van der Waals surface area contributed by atoms with E-state index in [2.05, 4.69) is 39.0 Å². The maximum absolute atomic E-state index is 8.83. The van der Waals surface area contributed by atoms with Gasteiger partial charge in [-0.05, 0) is 67.1 Å². The lowest BCUT2D eigenvalue weighted by Gasteiger charge is -2.32.